The molecule has 0 saturated carbocycles. The SMILES string of the molecule is C=CCc1cc(/C=C(/C#N)C(=O)NC(C)C)ccc1OCc1ccccc1F. The van der Waals surface area contributed by atoms with Crippen molar-refractivity contribution in [1.82, 2.24) is 5.32 Å². The Morgan fingerprint density at radius 2 is 2.04 bits per heavy atom. The molecule has 1 amide bonds. The Hall–Kier alpha value is -3.39. The van der Waals surface area contributed by atoms with Gasteiger partial charge < -0.3 is 10.1 Å². The van der Waals surface area contributed by atoms with Gasteiger partial charge in [-0.15, -0.1) is 6.58 Å². The van der Waals surface area contributed by atoms with Gasteiger partial charge in [-0.05, 0) is 55.7 Å². The highest BCUT2D eigenvalue weighted by molar-refractivity contribution is 6.01. The number of hydrogen-bond donors (Lipinski definition) is 1. The molecule has 0 aliphatic carbocycles. The molecule has 1 N–H and O–H groups in total. The zero-order chi connectivity index (χ0) is 20.5. The Labute approximate surface area is 165 Å². The van der Waals surface area contributed by atoms with Crippen molar-refractivity contribution in [2.45, 2.75) is 32.9 Å². The van der Waals surface area contributed by atoms with Crippen molar-refractivity contribution in [3.63, 3.8) is 0 Å². The second-order valence-electron chi connectivity index (χ2n) is 6.54. The van der Waals surface area contributed by atoms with Crippen molar-refractivity contribution >= 4 is 12.0 Å². The Morgan fingerprint density at radius 1 is 1.29 bits per heavy atom. The van der Waals surface area contributed by atoms with Gasteiger partial charge in [-0.25, -0.2) is 4.39 Å². The molecule has 5 heteroatoms. The van der Waals surface area contributed by atoms with Crippen molar-refractivity contribution in [1.29, 1.82) is 5.26 Å². The first-order valence-electron chi connectivity index (χ1n) is 8.97. The lowest BCUT2D eigenvalue weighted by Crippen LogP contribution is -2.30. The molecule has 0 fully saturated rings. The average Bonchev–Trinajstić information content (AvgIpc) is 2.66. The van der Waals surface area contributed by atoms with Crippen molar-refractivity contribution in [3.05, 3.63) is 83.2 Å². The number of carbonyl (C=O) groups excluding carboxylic acids is 1. The molecule has 4 nitrogen and oxygen atoms in total. The number of nitriles is 1. The number of carbonyl (C=O) groups is 1. The fourth-order valence-electron chi connectivity index (χ4n) is 2.57. The summed E-state index contributed by atoms with van der Waals surface area (Å²) in [5.74, 6) is -0.129. The third kappa shape index (κ3) is 5.82. The molecule has 0 aliphatic heterocycles. The van der Waals surface area contributed by atoms with E-state index in [2.05, 4.69) is 11.9 Å². The van der Waals surface area contributed by atoms with Crippen molar-refractivity contribution < 1.29 is 13.9 Å². The molecule has 2 aromatic carbocycles. The van der Waals surface area contributed by atoms with E-state index in [1.54, 1.807) is 36.4 Å². The summed E-state index contributed by atoms with van der Waals surface area (Å²) in [5.41, 5.74) is 2.03. The second kappa shape index (κ2) is 10.1. The standard InChI is InChI=1S/C23H23FN2O2/c1-4-7-18-12-17(13-20(14-25)23(27)26-16(2)3)10-11-22(18)28-15-19-8-5-6-9-21(19)24/h4-6,8-13,16H,1,7,15H2,2-3H3,(H,26,27)/b20-13-. The molecule has 2 rings (SSSR count). The minimum atomic E-state index is -0.414. The molecule has 0 spiro atoms. The third-order valence-electron chi connectivity index (χ3n) is 3.89. The van der Waals surface area contributed by atoms with Gasteiger partial charge in [-0.1, -0.05) is 30.3 Å². The van der Waals surface area contributed by atoms with Gasteiger partial charge in [0, 0.05) is 11.6 Å². The molecule has 0 atom stereocenters. The minimum Gasteiger partial charge on any atom is -0.489 e. The summed E-state index contributed by atoms with van der Waals surface area (Å²) in [6.07, 6.45) is 3.80. The maximum atomic E-state index is 13.8. The van der Waals surface area contributed by atoms with E-state index < -0.39 is 5.91 Å². The van der Waals surface area contributed by atoms with Crippen LogP contribution in [0.15, 0.2) is 60.7 Å². The molecule has 0 heterocycles. The Morgan fingerprint density at radius 3 is 2.68 bits per heavy atom. The van der Waals surface area contributed by atoms with E-state index in [4.69, 9.17) is 4.74 Å². The van der Waals surface area contributed by atoms with Gasteiger partial charge in [0.25, 0.3) is 5.91 Å². The minimum absolute atomic E-state index is 0.0262. The lowest BCUT2D eigenvalue weighted by Gasteiger charge is -2.12. The average molecular weight is 378 g/mol. The molecule has 0 aromatic heterocycles. The first-order valence-corrected chi connectivity index (χ1v) is 8.97. The summed E-state index contributed by atoms with van der Waals surface area (Å²) < 4.78 is 19.6. The number of rotatable bonds is 8. The molecule has 0 saturated heterocycles. The lowest BCUT2D eigenvalue weighted by atomic mass is 10.0. The largest absolute Gasteiger partial charge is 0.489 e. The van der Waals surface area contributed by atoms with Crippen LogP contribution in [0.3, 0.4) is 0 Å². The van der Waals surface area contributed by atoms with Crippen LogP contribution in [-0.4, -0.2) is 11.9 Å². The number of benzene rings is 2. The summed E-state index contributed by atoms with van der Waals surface area (Å²) in [4.78, 5) is 12.1. The number of allylic oxidation sites excluding steroid dienone is 1. The fourth-order valence-corrected chi connectivity index (χ4v) is 2.57. The van der Waals surface area contributed by atoms with Gasteiger partial charge in [0.2, 0.25) is 0 Å². The third-order valence-corrected chi connectivity index (χ3v) is 3.89. The summed E-state index contributed by atoms with van der Waals surface area (Å²) in [6.45, 7) is 7.51. The zero-order valence-electron chi connectivity index (χ0n) is 16.0. The maximum absolute atomic E-state index is 13.8. The monoisotopic (exact) mass is 378 g/mol. The first kappa shape index (κ1) is 20.9. The molecule has 144 valence electrons. The highest BCUT2D eigenvalue weighted by Gasteiger charge is 2.11. The number of nitrogens with zero attached hydrogens (tertiary/aromatic N) is 1. The topological polar surface area (TPSA) is 62.1 Å². The molecule has 0 bridgehead atoms. The van der Waals surface area contributed by atoms with Gasteiger partial charge in [-0.2, -0.15) is 5.26 Å². The van der Waals surface area contributed by atoms with Gasteiger partial charge >= 0.3 is 0 Å². The van der Waals surface area contributed by atoms with Crippen LogP contribution in [0, 0.1) is 17.1 Å². The van der Waals surface area contributed by atoms with Crippen molar-refractivity contribution in [3.8, 4) is 11.8 Å². The Balaban J connectivity index is 2.25. The van der Waals surface area contributed by atoms with E-state index >= 15 is 0 Å². The highest BCUT2D eigenvalue weighted by atomic mass is 19.1. The normalized spacial score (nSPS) is 11.0. The lowest BCUT2D eigenvalue weighted by molar-refractivity contribution is -0.117. The number of halogens is 1. The van der Waals surface area contributed by atoms with E-state index in [9.17, 15) is 14.4 Å². The van der Waals surface area contributed by atoms with Crippen LogP contribution in [-0.2, 0) is 17.8 Å². The number of amides is 1. The van der Waals surface area contributed by atoms with Crippen molar-refractivity contribution in [2.24, 2.45) is 0 Å². The van der Waals surface area contributed by atoms with Crippen LogP contribution in [0.5, 0.6) is 5.75 Å². The van der Waals surface area contributed by atoms with Crippen LogP contribution < -0.4 is 10.1 Å². The summed E-state index contributed by atoms with van der Waals surface area (Å²) >= 11 is 0. The van der Waals surface area contributed by atoms with E-state index in [0.717, 1.165) is 5.56 Å². The van der Waals surface area contributed by atoms with E-state index in [0.29, 0.717) is 23.3 Å². The smallest absolute Gasteiger partial charge is 0.262 e. The Bertz CT molecular complexity index is 926. The first-order chi connectivity index (χ1) is 13.4. The van der Waals surface area contributed by atoms with E-state index in [1.165, 1.54) is 12.1 Å². The molecule has 2 aromatic rings. The van der Waals surface area contributed by atoms with Crippen LogP contribution in [0.25, 0.3) is 6.08 Å². The van der Waals surface area contributed by atoms with Gasteiger partial charge in [-0.3, -0.25) is 4.79 Å². The van der Waals surface area contributed by atoms with Crippen LogP contribution in [0.4, 0.5) is 4.39 Å². The summed E-state index contributed by atoms with van der Waals surface area (Å²) in [6, 6.07) is 13.7. The predicted molar refractivity (Wildman–Crippen MR) is 108 cm³/mol. The molecule has 0 unspecified atom stereocenters. The summed E-state index contributed by atoms with van der Waals surface area (Å²) in [5, 5.41) is 12.0. The number of nitrogens with one attached hydrogen (secondary N) is 1. The quantitative estimate of drug-likeness (QED) is 0.416. The van der Waals surface area contributed by atoms with Crippen LogP contribution in [0.2, 0.25) is 0 Å². The van der Waals surface area contributed by atoms with Gasteiger partial charge in [0.05, 0.1) is 0 Å². The molecular weight excluding hydrogens is 355 g/mol. The van der Waals surface area contributed by atoms with Gasteiger partial charge in [0.1, 0.15) is 29.8 Å². The molecule has 0 aliphatic rings. The molecule has 0 radical (unpaired) electrons. The van der Waals surface area contributed by atoms with Crippen LogP contribution in [0.1, 0.15) is 30.5 Å². The second-order valence-corrected chi connectivity index (χ2v) is 6.54. The van der Waals surface area contributed by atoms with E-state index in [-0.39, 0.29) is 24.0 Å². The van der Waals surface area contributed by atoms with Crippen LogP contribution >= 0.6 is 0 Å². The maximum Gasteiger partial charge on any atom is 0.262 e. The number of hydrogen-bond acceptors (Lipinski definition) is 3. The molecule has 28 heavy (non-hydrogen) atoms. The van der Waals surface area contributed by atoms with Crippen molar-refractivity contribution in [2.75, 3.05) is 0 Å². The Kier molecular flexibility index (Phi) is 7.53. The zero-order valence-corrected chi connectivity index (χ0v) is 16.0. The highest BCUT2D eigenvalue weighted by Crippen LogP contribution is 2.24. The summed E-state index contributed by atoms with van der Waals surface area (Å²) in [7, 11) is 0. The predicted octanol–water partition coefficient (Wildman–Crippen LogP) is 4.56. The van der Waals surface area contributed by atoms with E-state index in [1.807, 2.05) is 26.0 Å². The fraction of sp³-hybridized carbons (Fsp3) is 0.217. The molecular formula is C23H23FN2O2. The number of ether oxygens (including phenoxy) is 1. The van der Waals surface area contributed by atoms with Gasteiger partial charge in [0.15, 0.2) is 0 Å².